The maximum absolute atomic E-state index is 13.2. The molecule has 0 amide bonds. The molecule has 1 heterocycles. The van der Waals surface area contributed by atoms with Gasteiger partial charge >= 0.3 is 5.97 Å². The summed E-state index contributed by atoms with van der Waals surface area (Å²) in [5, 5.41) is 10.6. The van der Waals surface area contributed by atoms with Crippen LogP contribution in [0, 0.1) is 5.82 Å². The zero-order chi connectivity index (χ0) is 18.0. The van der Waals surface area contributed by atoms with Crippen LogP contribution in [0.15, 0.2) is 42.5 Å². The summed E-state index contributed by atoms with van der Waals surface area (Å²) in [4.78, 5) is 11.4. The van der Waals surface area contributed by atoms with Gasteiger partial charge in [-0.2, -0.15) is 0 Å². The summed E-state index contributed by atoms with van der Waals surface area (Å²) in [6.07, 6.45) is 2.51. The number of carbonyl (C=O) groups is 1. The van der Waals surface area contributed by atoms with E-state index in [1.165, 1.54) is 12.1 Å². The number of rotatable bonds is 3. The number of hydrogen-bond donors (Lipinski definition) is 1. The zero-order valence-electron chi connectivity index (χ0n) is 13.1. The minimum Gasteiger partial charge on any atom is -0.458 e. The van der Waals surface area contributed by atoms with E-state index >= 15 is 0 Å². The minimum absolute atomic E-state index is 0.00682. The smallest absolute Gasteiger partial charge is 0.309 e. The van der Waals surface area contributed by atoms with Crippen LogP contribution in [0.1, 0.15) is 18.4 Å². The maximum Gasteiger partial charge on any atom is 0.309 e. The number of cyclic esters (lactones) is 1. The van der Waals surface area contributed by atoms with Gasteiger partial charge in [-0.1, -0.05) is 41.4 Å². The molecule has 0 saturated carbocycles. The largest absolute Gasteiger partial charge is 0.458 e. The summed E-state index contributed by atoms with van der Waals surface area (Å²) in [5.74, 6) is -0.772. The molecule has 0 aliphatic carbocycles. The maximum atomic E-state index is 13.2. The Morgan fingerprint density at radius 1 is 1.20 bits per heavy atom. The molecule has 3 rings (SSSR count). The van der Waals surface area contributed by atoms with Gasteiger partial charge in [-0.15, -0.1) is 0 Å². The first-order chi connectivity index (χ1) is 11.9. The van der Waals surface area contributed by atoms with Crippen molar-refractivity contribution < 1.29 is 19.0 Å². The monoisotopic (exact) mass is 380 g/mol. The molecule has 1 fully saturated rings. The van der Waals surface area contributed by atoms with E-state index in [0.717, 1.165) is 11.1 Å². The molecule has 2 aromatic carbocycles. The van der Waals surface area contributed by atoms with Gasteiger partial charge in [0.1, 0.15) is 11.9 Å². The molecule has 2 aromatic rings. The molecular formula is C19H15Cl2FO3. The van der Waals surface area contributed by atoms with Gasteiger partial charge in [0.2, 0.25) is 0 Å². The molecule has 1 N–H and O–H groups in total. The topological polar surface area (TPSA) is 46.5 Å². The number of aliphatic hydroxyl groups is 1. The van der Waals surface area contributed by atoms with Crippen LogP contribution in [0.5, 0.6) is 0 Å². The molecule has 0 unspecified atom stereocenters. The fourth-order valence-corrected chi connectivity index (χ4v) is 3.31. The lowest BCUT2D eigenvalue weighted by Gasteiger charge is -2.23. The molecule has 0 radical (unpaired) electrons. The van der Waals surface area contributed by atoms with Crippen molar-refractivity contribution in [3.63, 3.8) is 0 Å². The quantitative estimate of drug-likeness (QED) is 0.771. The highest BCUT2D eigenvalue weighted by molar-refractivity contribution is 6.36. The van der Waals surface area contributed by atoms with Crippen LogP contribution in [0.4, 0.5) is 4.39 Å². The van der Waals surface area contributed by atoms with Gasteiger partial charge in [0.15, 0.2) is 0 Å². The van der Waals surface area contributed by atoms with Gasteiger partial charge in [-0.05, 0) is 41.5 Å². The molecule has 0 bridgehead atoms. The van der Waals surface area contributed by atoms with Crippen LogP contribution in [-0.2, 0) is 9.53 Å². The molecule has 6 heteroatoms. The second kappa shape index (κ2) is 7.56. The lowest BCUT2D eigenvalue weighted by molar-refractivity contribution is -0.156. The number of ether oxygens (including phenoxy) is 1. The van der Waals surface area contributed by atoms with Crippen LogP contribution >= 0.6 is 23.2 Å². The van der Waals surface area contributed by atoms with E-state index in [9.17, 15) is 14.3 Å². The first kappa shape index (κ1) is 17.9. The lowest BCUT2D eigenvalue weighted by Crippen LogP contribution is -2.31. The van der Waals surface area contributed by atoms with E-state index in [0.29, 0.717) is 22.0 Å². The Balaban J connectivity index is 1.96. The van der Waals surface area contributed by atoms with Gasteiger partial charge in [-0.3, -0.25) is 4.79 Å². The van der Waals surface area contributed by atoms with Crippen molar-refractivity contribution in [1.29, 1.82) is 0 Å². The number of halogens is 3. The third-order valence-corrected chi connectivity index (χ3v) is 4.45. The summed E-state index contributed by atoms with van der Waals surface area (Å²) in [7, 11) is 0. The highest BCUT2D eigenvalue weighted by Crippen LogP contribution is 2.34. The van der Waals surface area contributed by atoms with Crippen molar-refractivity contribution in [2.24, 2.45) is 0 Å². The first-order valence-electron chi connectivity index (χ1n) is 7.73. The molecule has 2 atom stereocenters. The van der Waals surface area contributed by atoms with Crippen LogP contribution in [0.2, 0.25) is 10.0 Å². The second-order valence-corrected chi connectivity index (χ2v) is 6.68. The van der Waals surface area contributed by atoms with E-state index in [1.807, 2.05) is 0 Å². The fourth-order valence-electron chi connectivity index (χ4n) is 2.75. The summed E-state index contributed by atoms with van der Waals surface area (Å²) < 4.78 is 18.4. The van der Waals surface area contributed by atoms with Gasteiger partial charge in [0, 0.05) is 22.0 Å². The van der Waals surface area contributed by atoms with E-state index < -0.39 is 18.2 Å². The second-order valence-electron chi connectivity index (χ2n) is 5.84. The SMILES string of the molecule is O=C1C[C@H](O)C[C@@H](C=Cc2c(Cl)cc(Cl)cc2-c2ccc(F)cc2)O1. The van der Waals surface area contributed by atoms with Crippen molar-refractivity contribution >= 4 is 35.2 Å². The van der Waals surface area contributed by atoms with Gasteiger partial charge in [0.25, 0.3) is 0 Å². The van der Waals surface area contributed by atoms with Crippen LogP contribution in [-0.4, -0.2) is 23.3 Å². The molecule has 130 valence electrons. The Morgan fingerprint density at radius 2 is 1.92 bits per heavy atom. The average Bonchev–Trinajstić information content (AvgIpc) is 2.53. The average molecular weight is 381 g/mol. The summed E-state index contributed by atoms with van der Waals surface area (Å²) in [5.41, 5.74) is 2.16. The molecule has 0 aromatic heterocycles. The Hall–Kier alpha value is -1.88. The summed E-state index contributed by atoms with van der Waals surface area (Å²) >= 11 is 12.4. The van der Waals surface area contributed by atoms with E-state index in [1.54, 1.807) is 36.4 Å². The highest BCUT2D eigenvalue weighted by atomic mass is 35.5. The van der Waals surface area contributed by atoms with Crippen molar-refractivity contribution in [2.75, 3.05) is 0 Å². The summed E-state index contributed by atoms with van der Waals surface area (Å²) in [6.45, 7) is 0. The van der Waals surface area contributed by atoms with Gasteiger partial charge < -0.3 is 9.84 Å². The van der Waals surface area contributed by atoms with E-state index in [4.69, 9.17) is 27.9 Å². The molecule has 1 saturated heterocycles. The standard InChI is InChI=1S/C19H15Cl2FO3/c20-12-7-17(11-1-3-13(22)4-2-11)16(18(21)8-12)6-5-15-9-14(23)10-19(24)25-15/h1-8,14-15,23H,9-10H2/t14-,15-/m1/s1. The van der Waals surface area contributed by atoms with Crippen LogP contribution in [0.3, 0.4) is 0 Å². The van der Waals surface area contributed by atoms with Crippen molar-refractivity contribution in [3.8, 4) is 11.1 Å². The molecule has 1 aliphatic rings. The van der Waals surface area contributed by atoms with E-state index in [-0.39, 0.29) is 12.2 Å². The van der Waals surface area contributed by atoms with Crippen molar-refractivity contribution in [1.82, 2.24) is 0 Å². The Morgan fingerprint density at radius 3 is 2.60 bits per heavy atom. The molecule has 1 aliphatic heterocycles. The van der Waals surface area contributed by atoms with Crippen LogP contribution in [0.25, 0.3) is 17.2 Å². The molecular weight excluding hydrogens is 366 g/mol. The molecule has 0 spiro atoms. The third-order valence-electron chi connectivity index (χ3n) is 3.92. The summed E-state index contributed by atoms with van der Waals surface area (Å²) in [6, 6.07) is 9.34. The Bertz CT molecular complexity index is 818. The highest BCUT2D eigenvalue weighted by Gasteiger charge is 2.25. The predicted molar refractivity (Wildman–Crippen MR) is 96.0 cm³/mol. The number of aliphatic hydroxyl groups excluding tert-OH is 1. The molecule has 25 heavy (non-hydrogen) atoms. The van der Waals surface area contributed by atoms with E-state index in [2.05, 4.69) is 0 Å². The number of benzene rings is 2. The van der Waals surface area contributed by atoms with Crippen molar-refractivity contribution in [3.05, 3.63) is 63.9 Å². The number of carbonyl (C=O) groups excluding carboxylic acids is 1. The normalized spacial score (nSPS) is 20.7. The molecule has 3 nitrogen and oxygen atoms in total. The number of hydrogen-bond acceptors (Lipinski definition) is 3. The predicted octanol–water partition coefficient (Wildman–Crippen LogP) is 4.88. The Labute approximate surface area is 154 Å². The van der Waals surface area contributed by atoms with Crippen LogP contribution < -0.4 is 0 Å². The minimum atomic E-state index is -0.715. The zero-order valence-corrected chi connectivity index (χ0v) is 14.6. The lowest BCUT2D eigenvalue weighted by atomic mass is 9.98. The Kier molecular flexibility index (Phi) is 5.42. The fraction of sp³-hybridized carbons (Fsp3) is 0.211. The first-order valence-corrected chi connectivity index (χ1v) is 8.48. The van der Waals surface area contributed by atoms with Crippen molar-refractivity contribution in [2.45, 2.75) is 25.0 Å². The van der Waals surface area contributed by atoms with Gasteiger partial charge in [-0.25, -0.2) is 4.39 Å². The van der Waals surface area contributed by atoms with Gasteiger partial charge in [0.05, 0.1) is 12.5 Å². The number of esters is 1. The third kappa shape index (κ3) is 4.40.